The van der Waals surface area contributed by atoms with Gasteiger partial charge in [-0.3, -0.25) is 14.6 Å². The minimum atomic E-state index is -0.130. The van der Waals surface area contributed by atoms with E-state index in [1.54, 1.807) is 4.40 Å². The molecule has 0 radical (unpaired) electrons. The predicted molar refractivity (Wildman–Crippen MR) is 126 cm³/mol. The molecule has 0 spiro atoms. The molecule has 2 fully saturated rings. The van der Waals surface area contributed by atoms with Gasteiger partial charge in [-0.25, -0.2) is 13.9 Å². The van der Waals surface area contributed by atoms with Crippen LogP contribution in [0.3, 0.4) is 0 Å². The average Bonchev–Trinajstić information content (AvgIpc) is 3.37. The molecule has 0 saturated carbocycles. The lowest BCUT2D eigenvalue weighted by Gasteiger charge is -2.43. The molecule has 3 aliphatic rings. The number of morpholine rings is 1. The van der Waals surface area contributed by atoms with E-state index < -0.39 is 0 Å². The number of anilines is 1. The van der Waals surface area contributed by atoms with E-state index in [9.17, 15) is 9.59 Å². The highest BCUT2D eigenvalue weighted by Gasteiger charge is 2.34. The predicted octanol–water partition coefficient (Wildman–Crippen LogP) is -0.212. The summed E-state index contributed by atoms with van der Waals surface area (Å²) in [4.78, 5) is 32.9. The zero-order chi connectivity index (χ0) is 23.1. The van der Waals surface area contributed by atoms with Gasteiger partial charge in [0.2, 0.25) is 5.91 Å². The van der Waals surface area contributed by atoms with Crippen LogP contribution in [-0.2, 0) is 22.5 Å². The van der Waals surface area contributed by atoms with Gasteiger partial charge in [0.25, 0.3) is 0 Å². The maximum Gasteiger partial charge on any atom is 0.350 e. The third kappa shape index (κ3) is 4.21. The van der Waals surface area contributed by atoms with E-state index in [-0.39, 0.29) is 17.6 Å². The number of hydrogen-bond donors (Lipinski definition) is 1. The number of rotatable bonds is 5. The van der Waals surface area contributed by atoms with E-state index in [1.165, 1.54) is 4.68 Å². The van der Waals surface area contributed by atoms with Gasteiger partial charge in [-0.05, 0) is 32.9 Å². The van der Waals surface area contributed by atoms with Gasteiger partial charge in [-0.15, -0.1) is 5.10 Å². The Hall–Kier alpha value is -2.27. The van der Waals surface area contributed by atoms with Crippen LogP contribution >= 0.6 is 0 Å². The van der Waals surface area contributed by atoms with Crippen LogP contribution in [0.5, 0.6) is 0 Å². The van der Waals surface area contributed by atoms with Crippen molar-refractivity contribution in [1.29, 1.82) is 0 Å². The molecular weight excluding hydrogens is 422 g/mol. The lowest BCUT2D eigenvalue weighted by molar-refractivity contribution is -0.121. The molecule has 180 valence electrons. The number of piperazine rings is 1. The summed E-state index contributed by atoms with van der Waals surface area (Å²) in [6.45, 7) is 12.9. The number of pyridine rings is 1. The molecule has 3 atom stereocenters. The molecule has 10 nitrogen and oxygen atoms in total. The molecule has 10 heteroatoms. The molecule has 5 rings (SSSR count). The topological polar surface area (TPSA) is 87.3 Å². The Labute approximate surface area is 194 Å². The number of hydrogen-bond acceptors (Lipinski definition) is 7. The van der Waals surface area contributed by atoms with Crippen molar-refractivity contribution in [1.82, 2.24) is 29.3 Å². The van der Waals surface area contributed by atoms with Crippen LogP contribution in [0.25, 0.3) is 5.65 Å². The van der Waals surface area contributed by atoms with Crippen LogP contribution in [0.1, 0.15) is 26.5 Å². The summed E-state index contributed by atoms with van der Waals surface area (Å²) in [5.41, 5.74) is 2.24. The van der Waals surface area contributed by atoms with E-state index in [0.717, 1.165) is 50.8 Å². The Morgan fingerprint density at radius 2 is 2.09 bits per heavy atom. The zero-order valence-corrected chi connectivity index (χ0v) is 19.9. The fourth-order valence-electron chi connectivity index (χ4n) is 5.41. The summed E-state index contributed by atoms with van der Waals surface area (Å²) in [5, 5.41) is 7.97. The molecule has 2 saturated heterocycles. The normalized spacial score (nSPS) is 26.8. The van der Waals surface area contributed by atoms with Gasteiger partial charge in [0, 0.05) is 63.8 Å². The summed E-state index contributed by atoms with van der Waals surface area (Å²) in [7, 11) is 0. The number of amides is 1. The summed E-state index contributed by atoms with van der Waals surface area (Å²) >= 11 is 0. The third-order valence-electron chi connectivity index (χ3n) is 7.30. The molecule has 1 N–H and O–H groups in total. The van der Waals surface area contributed by atoms with E-state index in [0.29, 0.717) is 43.8 Å². The monoisotopic (exact) mass is 457 g/mol. The molecule has 33 heavy (non-hydrogen) atoms. The average molecular weight is 458 g/mol. The number of aromatic nitrogens is 3. The quantitative estimate of drug-likeness (QED) is 0.665. The van der Waals surface area contributed by atoms with Crippen LogP contribution < -0.4 is 15.9 Å². The summed E-state index contributed by atoms with van der Waals surface area (Å²) in [5.74, 6) is 0.0955. The molecule has 3 aliphatic heterocycles. The van der Waals surface area contributed by atoms with Crippen molar-refractivity contribution in [3.05, 3.63) is 28.3 Å². The number of nitrogens with one attached hydrogen (secondary N) is 1. The molecule has 1 amide bonds. The first kappa shape index (κ1) is 22.5. The molecule has 0 aliphatic carbocycles. The standard InChI is InChI=1S/C23H35N7O3/c1-4-29-23(32)30-20-7-8-28(19(20)5-6-21(30)25-29)22(31)14-27-12-16(2)24-11-18(27)13-26-9-10-33-15-17(26)3/h5-6,16-18,24H,4,7-15H2,1-3H3/t16-,17-,18-/m1/s1. The number of carbonyl (C=O) groups excluding carboxylic acids is 1. The van der Waals surface area contributed by atoms with Gasteiger partial charge < -0.3 is 15.0 Å². The molecule has 5 heterocycles. The van der Waals surface area contributed by atoms with E-state index >= 15 is 0 Å². The Morgan fingerprint density at radius 3 is 2.88 bits per heavy atom. The fraction of sp³-hybridized carbons (Fsp3) is 0.696. The fourth-order valence-corrected chi connectivity index (χ4v) is 5.41. The molecular formula is C23H35N7O3. The largest absolute Gasteiger partial charge is 0.379 e. The van der Waals surface area contributed by atoms with Crippen LogP contribution in [-0.4, -0.2) is 100 Å². The Bertz CT molecular complexity index is 1080. The van der Waals surface area contributed by atoms with Gasteiger partial charge in [-0.1, -0.05) is 0 Å². The third-order valence-corrected chi connectivity index (χ3v) is 7.30. The van der Waals surface area contributed by atoms with E-state index in [1.807, 2.05) is 24.0 Å². The first-order chi connectivity index (χ1) is 16.0. The Balaban J connectivity index is 1.34. The number of nitrogens with zero attached hydrogens (tertiary/aromatic N) is 6. The van der Waals surface area contributed by atoms with Crippen molar-refractivity contribution in [2.75, 3.05) is 57.4 Å². The molecule has 2 aromatic heterocycles. The maximum atomic E-state index is 13.5. The van der Waals surface area contributed by atoms with Gasteiger partial charge in [-0.2, -0.15) is 0 Å². The highest BCUT2D eigenvalue weighted by Crippen LogP contribution is 2.28. The smallest absolute Gasteiger partial charge is 0.350 e. The molecule has 0 unspecified atom stereocenters. The summed E-state index contributed by atoms with van der Waals surface area (Å²) < 4.78 is 8.74. The van der Waals surface area contributed by atoms with Gasteiger partial charge in [0.05, 0.1) is 31.1 Å². The minimum Gasteiger partial charge on any atom is -0.379 e. The number of carbonyl (C=O) groups is 1. The first-order valence-electron chi connectivity index (χ1n) is 12.2. The lowest BCUT2D eigenvalue weighted by Crippen LogP contribution is -2.62. The molecule has 0 aromatic carbocycles. The van der Waals surface area contributed by atoms with Crippen molar-refractivity contribution >= 4 is 17.2 Å². The zero-order valence-electron chi connectivity index (χ0n) is 19.9. The number of aryl methyl sites for hydroxylation is 1. The molecule has 0 bridgehead atoms. The minimum absolute atomic E-state index is 0.0955. The van der Waals surface area contributed by atoms with Crippen molar-refractivity contribution in [2.45, 2.75) is 51.9 Å². The van der Waals surface area contributed by atoms with Crippen molar-refractivity contribution in [2.24, 2.45) is 0 Å². The van der Waals surface area contributed by atoms with Crippen LogP contribution in [0.15, 0.2) is 16.9 Å². The SMILES string of the molecule is CCn1nc2ccc3c(n2c1=O)CCN3C(=O)CN1C[C@@H](C)NC[C@@H]1CN1CCOC[C@H]1C. The van der Waals surface area contributed by atoms with Gasteiger partial charge >= 0.3 is 5.69 Å². The van der Waals surface area contributed by atoms with E-state index in [2.05, 4.69) is 34.1 Å². The highest BCUT2D eigenvalue weighted by molar-refractivity contribution is 5.96. The van der Waals surface area contributed by atoms with Gasteiger partial charge in [0.15, 0.2) is 5.65 Å². The Morgan fingerprint density at radius 1 is 1.24 bits per heavy atom. The molecule has 2 aromatic rings. The Kier molecular flexibility index (Phi) is 6.26. The second-order valence-electron chi connectivity index (χ2n) is 9.56. The second-order valence-corrected chi connectivity index (χ2v) is 9.56. The van der Waals surface area contributed by atoms with E-state index in [4.69, 9.17) is 4.74 Å². The van der Waals surface area contributed by atoms with Crippen molar-refractivity contribution in [3.63, 3.8) is 0 Å². The summed E-state index contributed by atoms with van der Waals surface area (Å²) in [6.07, 6.45) is 0.667. The van der Waals surface area contributed by atoms with Crippen LogP contribution in [0, 0.1) is 0 Å². The highest BCUT2D eigenvalue weighted by atomic mass is 16.5. The van der Waals surface area contributed by atoms with Crippen LogP contribution in [0.4, 0.5) is 5.69 Å². The lowest BCUT2D eigenvalue weighted by atomic mass is 10.1. The maximum absolute atomic E-state index is 13.5. The number of fused-ring (bicyclic) bond motifs is 3. The number of ether oxygens (including phenoxy) is 1. The van der Waals surface area contributed by atoms with Crippen LogP contribution in [0.2, 0.25) is 0 Å². The second kappa shape index (κ2) is 9.17. The van der Waals surface area contributed by atoms with Crippen molar-refractivity contribution < 1.29 is 9.53 Å². The van der Waals surface area contributed by atoms with Crippen molar-refractivity contribution in [3.8, 4) is 0 Å². The van der Waals surface area contributed by atoms with Gasteiger partial charge in [0.1, 0.15) is 0 Å². The summed E-state index contributed by atoms with van der Waals surface area (Å²) in [6, 6.07) is 4.80. The first-order valence-corrected chi connectivity index (χ1v) is 12.2.